The van der Waals surface area contributed by atoms with Crippen molar-refractivity contribution in [2.24, 2.45) is 0 Å². The van der Waals surface area contributed by atoms with Gasteiger partial charge in [0, 0.05) is 38.9 Å². The van der Waals surface area contributed by atoms with Crippen molar-refractivity contribution in [2.45, 2.75) is 6.92 Å². The Morgan fingerprint density at radius 2 is 1.61 bits per heavy atom. The lowest BCUT2D eigenvalue weighted by atomic mass is 10.2. The maximum Gasteiger partial charge on any atom is 0.340 e. The monoisotopic (exact) mass is 424 g/mol. The van der Waals surface area contributed by atoms with Crippen molar-refractivity contribution in [2.75, 3.05) is 56.6 Å². The van der Waals surface area contributed by atoms with Crippen LogP contribution in [0.4, 0.5) is 16.2 Å². The molecule has 2 aromatic rings. The van der Waals surface area contributed by atoms with Crippen molar-refractivity contribution in [1.82, 2.24) is 9.80 Å². The Balaban J connectivity index is 1.51. The van der Waals surface area contributed by atoms with Gasteiger partial charge in [0.15, 0.2) is 0 Å². The number of nitrogens with zero attached hydrogens (tertiary/aromatic N) is 3. The highest BCUT2D eigenvalue weighted by molar-refractivity contribution is 6.00. The van der Waals surface area contributed by atoms with Crippen molar-refractivity contribution < 1.29 is 19.1 Å². The number of piperazine rings is 1. The fraction of sp³-hybridized carbons (Fsp3) is 0.348. The second kappa shape index (κ2) is 10.6. The Morgan fingerprint density at radius 1 is 0.968 bits per heavy atom. The standard InChI is InChI=1S/C23H28N4O4/c1-3-31-22(29)19-11-7-8-12-20(19)24-23(30)27-15-13-26(14-16-27)17-21(28)25(2)18-9-5-4-6-10-18/h4-12H,3,13-17H2,1-2H3,(H,24,30). The predicted molar refractivity (Wildman–Crippen MR) is 119 cm³/mol. The highest BCUT2D eigenvalue weighted by atomic mass is 16.5. The van der Waals surface area contributed by atoms with Crippen molar-refractivity contribution in [1.29, 1.82) is 0 Å². The molecule has 3 amide bonds. The quantitative estimate of drug-likeness (QED) is 0.721. The molecule has 0 aliphatic carbocycles. The first-order valence-corrected chi connectivity index (χ1v) is 10.4. The van der Waals surface area contributed by atoms with Gasteiger partial charge < -0.3 is 19.9 Å². The number of carbonyl (C=O) groups excluding carboxylic acids is 3. The number of benzene rings is 2. The van der Waals surface area contributed by atoms with E-state index in [2.05, 4.69) is 5.32 Å². The number of nitrogens with one attached hydrogen (secondary N) is 1. The average molecular weight is 425 g/mol. The fourth-order valence-electron chi connectivity index (χ4n) is 3.38. The van der Waals surface area contributed by atoms with E-state index in [4.69, 9.17) is 4.74 Å². The van der Waals surface area contributed by atoms with Crippen LogP contribution in [-0.2, 0) is 9.53 Å². The van der Waals surface area contributed by atoms with Crippen LogP contribution in [0.5, 0.6) is 0 Å². The van der Waals surface area contributed by atoms with E-state index >= 15 is 0 Å². The van der Waals surface area contributed by atoms with E-state index in [0.717, 1.165) is 5.69 Å². The number of carbonyl (C=O) groups is 3. The van der Waals surface area contributed by atoms with Gasteiger partial charge in [-0.25, -0.2) is 9.59 Å². The minimum atomic E-state index is -0.468. The van der Waals surface area contributed by atoms with E-state index in [9.17, 15) is 14.4 Å². The molecule has 1 N–H and O–H groups in total. The second-order valence-electron chi connectivity index (χ2n) is 7.25. The highest BCUT2D eigenvalue weighted by Gasteiger charge is 2.24. The summed E-state index contributed by atoms with van der Waals surface area (Å²) in [6.07, 6.45) is 0. The van der Waals surface area contributed by atoms with Crippen molar-refractivity contribution >= 4 is 29.3 Å². The van der Waals surface area contributed by atoms with Crippen LogP contribution in [0.15, 0.2) is 54.6 Å². The molecule has 0 unspecified atom stereocenters. The molecule has 3 rings (SSSR count). The van der Waals surface area contributed by atoms with E-state index in [1.807, 2.05) is 35.2 Å². The third kappa shape index (κ3) is 5.82. The molecule has 1 fully saturated rings. The zero-order valence-corrected chi connectivity index (χ0v) is 17.9. The first-order valence-electron chi connectivity index (χ1n) is 10.4. The smallest absolute Gasteiger partial charge is 0.340 e. The molecule has 0 spiro atoms. The summed E-state index contributed by atoms with van der Waals surface area (Å²) >= 11 is 0. The number of hydrogen-bond acceptors (Lipinski definition) is 5. The van der Waals surface area contributed by atoms with E-state index in [1.165, 1.54) is 0 Å². The van der Waals surface area contributed by atoms with Gasteiger partial charge in [-0.2, -0.15) is 0 Å². The van der Waals surface area contributed by atoms with E-state index < -0.39 is 5.97 Å². The number of esters is 1. The molecule has 1 heterocycles. The second-order valence-corrected chi connectivity index (χ2v) is 7.25. The van der Waals surface area contributed by atoms with Gasteiger partial charge in [0.05, 0.1) is 24.4 Å². The Bertz CT molecular complexity index is 911. The summed E-state index contributed by atoms with van der Waals surface area (Å²) in [6.45, 7) is 4.49. The van der Waals surface area contributed by atoms with Crippen LogP contribution in [0.2, 0.25) is 0 Å². The van der Waals surface area contributed by atoms with E-state index in [1.54, 1.807) is 48.0 Å². The van der Waals surface area contributed by atoms with Crippen LogP contribution in [0.25, 0.3) is 0 Å². The summed E-state index contributed by atoms with van der Waals surface area (Å²) in [5.41, 5.74) is 1.60. The van der Waals surface area contributed by atoms with Crippen LogP contribution < -0.4 is 10.2 Å². The Morgan fingerprint density at radius 3 is 2.29 bits per heavy atom. The molecule has 8 heteroatoms. The molecule has 0 aromatic heterocycles. The van der Waals surface area contributed by atoms with Crippen LogP contribution in [-0.4, -0.2) is 74.1 Å². The lowest BCUT2D eigenvalue weighted by molar-refractivity contribution is -0.119. The van der Waals surface area contributed by atoms with Gasteiger partial charge in [0.2, 0.25) is 5.91 Å². The first-order chi connectivity index (χ1) is 15.0. The number of anilines is 2. The molecular formula is C23H28N4O4. The topological polar surface area (TPSA) is 82.2 Å². The predicted octanol–water partition coefficient (Wildman–Crippen LogP) is 2.68. The molecule has 2 aromatic carbocycles. The summed E-state index contributed by atoms with van der Waals surface area (Å²) in [5, 5.41) is 2.81. The molecule has 1 saturated heterocycles. The van der Waals surface area contributed by atoms with Crippen molar-refractivity contribution in [3.63, 3.8) is 0 Å². The molecule has 1 aliphatic rings. The van der Waals surface area contributed by atoms with Crippen LogP contribution in [0.1, 0.15) is 17.3 Å². The number of amides is 3. The molecule has 0 radical (unpaired) electrons. The molecule has 8 nitrogen and oxygen atoms in total. The molecule has 164 valence electrons. The van der Waals surface area contributed by atoms with Crippen molar-refractivity contribution in [3.05, 3.63) is 60.2 Å². The molecule has 31 heavy (non-hydrogen) atoms. The Labute approximate surface area is 182 Å². The summed E-state index contributed by atoms with van der Waals surface area (Å²) in [4.78, 5) is 42.7. The lowest BCUT2D eigenvalue weighted by Crippen LogP contribution is -2.52. The van der Waals surface area contributed by atoms with Crippen LogP contribution in [0.3, 0.4) is 0 Å². The SMILES string of the molecule is CCOC(=O)c1ccccc1NC(=O)N1CCN(CC(=O)N(C)c2ccccc2)CC1. The number of ether oxygens (including phenoxy) is 1. The third-order valence-electron chi connectivity index (χ3n) is 5.20. The summed E-state index contributed by atoms with van der Waals surface area (Å²) in [7, 11) is 1.77. The fourth-order valence-corrected chi connectivity index (χ4v) is 3.38. The van der Waals surface area contributed by atoms with Gasteiger partial charge in [-0.1, -0.05) is 30.3 Å². The van der Waals surface area contributed by atoms with Gasteiger partial charge in [-0.05, 0) is 31.2 Å². The van der Waals surface area contributed by atoms with Gasteiger partial charge in [-0.15, -0.1) is 0 Å². The molecule has 0 saturated carbocycles. The zero-order valence-electron chi connectivity index (χ0n) is 17.9. The van der Waals surface area contributed by atoms with Gasteiger partial charge in [0.25, 0.3) is 0 Å². The number of para-hydroxylation sites is 2. The maximum atomic E-state index is 12.7. The summed E-state index contributed by atoms with van der Waals surface area (Å²) in [6, 6.07) is 16.0. The Kier molecular flexibility index (Phi) is 7.61. The lowest BCUT2D eigenvalue weighted by Gasteiger charge is -2.35. The highest BCUT2D eigenvalue weighted by Crippen LogP contribution is 2.18. The minimum Gasteiger partial charge on any atom is -0.462 e. The van der Waals surface area contributed by atoms with Gasteiger partial charge in [0.1, 0.15) is 0 Å². The van der Waals surface area contributed by atoms with Crippen LogP contribution in [0, 0.1) is 0 Å². The van der Waals surface area contributed by atoms with Crippen LogP contribution >= 0.6 is 0 Å². The summed E-state index contributed by atoms with van der Waals surface area (Å²) < 4.78 is 5.05. The summed E-state index contributed by atoms with van der Waals surface area (Å²) in [5.74, 6) is -0.461. The van der Waals surface area contributed by atoms with Gasteiger partial charge >= 0.3 is 12.0 Å². The zero-order chi connectivity index (χ0) is 22.2. The van der Waals surface area contributed by atoms with Crippen molar-refractivity contribution in [3.8, 4) is 0 Å². The number of urea groups is 1. The third-order valence-corrected chi connectivity index (χ3v) is 5.20. The maximum absolute atomic E-state index is 12.7. The van der Waals surface area contributed by atoms with E-state index in [-0.39, 0.29) is 18.5 Å². The molecular weight excluding hydrogens is 396 g/mol. The largest absolute Gasteiger partial charge is 0.462 e. The molecule has 0 atom stereocenters. The van der Waals surface area contributed by atoms with Gasteiger partial charge in [-0.3, -0.25) is 9.69 Å². The first kappa shape index (κ1) is 22.3. The van der Waals surface area contributed by atoms with E-state index in [0.29, 0.717) is 44.0 Å². The molecule has 1 aliphatic heterocycles. The Hall–Kier alpha value is -3.39. The number of hydrogen-bond donors (Lipinski definition) is 1. The number of rotatable bonds is 6. The minimum absolute atomic E-state index is 0.00691. The normalized spacial score (nSPS) is 14.1. The average Bonchev–Trinajstić information content (AvgIpc) is 2.80. The molecule has 0 bridgehead atoms. The number of likely N-dealkylation sites (N-methyl/N-ethyl adjacent to an activating group) is 1.